The zero-order valence-electron chi connectivity index (χ0n) is 15.6. The van der Waals surface area contributed by atoms with Gasteiger partial charge in [-0.05, 0) is 69.4 Å². The molecule has 1 aromatic rings. The van der Waals surface area contributed by atoms with E-state index in [9.17, 15) is 9.59 Å². The molecule has 26 heavy (non-hydrogen) atoms. The number of likely N-dealkylation sites (tertiary alicyclic amines) is 1. The third kappa shape index (κ3) is 4.75. The summed E-state index contributed by atoms with van der Waals surface area (Å²) in [6, 6.07) is 7.79. The van der Waals surface area contributed by atoms with E-state index in [0.717, 1.165) is 43.2 Å². The van der Waals surface area contributed by atoms with Gasteiger partial charge in [0, 0.05) is 31.7 Å². The van der Waals surface area contributed by atoms with E-state index in [2.05, 4.69) is 11.9 Å². The second kappa shape index (κ2) is 8.54. The molecule has 6 heteroatoms. The van der Waals surface area contributed by atoms with Crippen molar-refractivity contribution >= 4 is 17.7 Å². The smallest absolute Gasteiger partial charge is 0.324 e. The number of carboxylic acids is 1. The van der Waals surface area contributed by atoms with Crippen LogP contribution < -0.4 is 4.90 Å². The quantitative estimate of drug-likeness (QED) is 0.813. The maximum atomic E-state index is 12.7. The Labute approximate surface area is 155 Å². The summed E-state index contributed by atoms with van der Waals surface area (Å²) >= 11 is 0. The molecule has 2 aliphatic rings. The number of benzene rings is 1. The minimum absolute atomic E-state index is 0.0937. The number of aryl methyl sites for hydroxylation is 1. The molecule has 0 atom stereocenters. The molecule has 0 aliphatic carbocycles. The summed E-state index contributed by atoms with van der Waals surface area (Å²) in [4.78, 5) is 29.5. The molecule has 0 saturated carbocycles. The minimum Gasteiger partial charge on any atom is -0.481 e. The van der Waals surface area contributed by atoms with Gasteiger partial charge in [0.1, 0.15) is 0 Å². The monoisotopic (exact) mass is 359 g/mol. The maximum Gasteiger partial charge on any atom is 0.324 e. The van der Waals surface area contributed by atoms with Crippen molar-refractivity contribution < 1.29 is 14.7 Å². The number of anilines is 1. The Kier molecular flexibility index (Phi) is 6.14. The van der Waals surface area contributed by atoms with Gasteiger partial charge in [0.15, 0.2) is 0 Å². The Bertz CT molecular complexity index is 624. The Morgan fingerprint density at radius 2 is 1.81 bits per heavy atom. The molecule has 2 amide bonds. The zero-order valence-corrected chi connectivity index (χ0v) is 15.6. The molecule has 0 unspecified atom stereocenters. The van der Waals surface area contributed by atoms with E-state index in [1.54, 1.807) is 0 Å². The normalized spacial score (nSPS) is 19.3. The van der Waals surface area contributed by atoms with E-state index in [4.69, 9.17) is 5.11 Å². The molecule has 0 bridgehead atoms. The summed E-state index contributed by atoms with van der Waals surface area (Å²) in [6.45, 7) is 4.69. The molecule has 142 valence electrons. The van der Waals surface area contributed by atoms with Crippen LogP contribution >= 0.6 is 0 Å². The lowest BCUT2D eigenvalue weighted by Crippen LogP contribution is -2.35. The summed E-state index contributed by atoms with van der Waals surface area (Å²) in [7, 11) is 2.17. The fourth-order valence-corrected chi connectivity index (χ4v) is 3.81. The number of amides is 2. The van der Waals surface area contributed by atoms with Crippen molar-refractivity contribution in [3.05, 3.63) is 29.8 Å². The lowest BCUT2D eigenvalue weighted by atomic mass is 9.94. The Balaban J connectivity index is 1.49. The largest absolute Gasteiger partial charge is 0.481 e. The van der Waals surface area contributed by atoms with Crippen LogP contribution in [-0.4, -0.2) is 66.7 Å². The number of rotatable bonds is 7. The van der Waals surface area contributed by atoms with Crippen molar-refractivity contribution in [1.82, 2.24) is 9.80 Å². The molecule has 2 fully saturated rings. The molecule has 2 heterocycles. The minimum atomic E-state index is -0.788. The molecule has 1 N–H and O–H groups in total. The van der Waals surface area contributed by atoms with Crippen LogP contribution in [0.3, 0.4) is 0 Å². The number of carbonyl (C=O) groups is 2. The number of piperidine rings is 1. The third-order valence-electron chi connectivity index (χ3n) is 5.62. The molecule has 1 aromatic carbocycles. The lowest BCUT2D eigenvalue weighted by molar-refractivity contribution is -0.136. The first-order valence-corrected chi connectivity index (χ1v) is 9.58. The van der Waals surface area contributed by atoms with Gasteiger partial charge in [0.2, 0.25) is 0 Å². The van der Waals surface area contributed by atoms with Gasteiger partial charge in [0.25, 0.3) is 0 Å². The predicted molar refractivity (Wildman–Crippen MR) is 102 cm³/mol. The summed E-state index contributed by atoms with van der Waals surface area (Å²) in [5.74, 6) is -0.0504. The van der Waals surface area contributed by atoms with E-state index in [0.29, 0.717) is 6.42 Å². The Morgan fingerprint density at radius 1 is 1.12 bits per heavy atom. The van der Waals surface area contributed by atoms with E-state index in [1.807, 2.05) is 34.1 Å². The average molecular weight is 359 g/mol. The Morgan fingerprint density at radius 3 is 2.46 bits per heavy atom. The van der Waals surface area contributed by atoms with Crippen LogP contribution in [0.5, 0.6) is 0 Å². The molecule has 2 saturated heterocycles. The second-order valence-corrected chi connectivity index (χ2v) is 7.52. The van der Waals surface area contributed by atoms with Crippen LogP contribution in [0.15, 0.2) is 24.3 Å². The van der Waals surface area contributed by atoms with E-state index < -0.39 is 5.97 Å². The van der Waals surface area contributed by atoms with Gasteiger partial charge >= 0.3 is 12.0 Å². The summed E-state index contributed by atoms with van der Waals surface area (Å²) in [6.07, 6.45) is 4.22. The molecule has 3 rings (SSSR count). The highest BCUT2D eigenvalue weighted by molar-refractivity contribution is 5.94. The van der Waals surface area contributed by atoms with Crippen LogP contribution in [0.4, 0.5) is 10.5 Å². The van der Waals surface area contributed by atoms with Crippen LogP contribution in [-0.2, 0) is 11.2 Å². The molecular weight excluding hydrogens is 330 g/mol. The van der Waals surface area contributed by atoms with Crippen molar-refractivity contribution in [2.75, 3.05) is 44.7 Å². The van der Waals surface area contributed by atoms with Crippen LogP contribution in [0.1, 0.15) is 31.2 Å². The molecule has 0 aromatic heterocycles. The van der Waals surface area contributed by atoms with Crippen LogP contribution in [0.2, 0.25) is 0 Å². The van der Waals surface area contributed by atoms with Gasteiger partial charge in [-0.15, -0.1) is 0 Å². The molecule has 6 nitrogen and oxygen atoms in total. The van der Waals surface area contributed by atoms with Crippen molar-refractivity contribution in [2.24, 2.45) is 5.92 Å². The van der Waals surface area contributed by atoms with Gasteiger partial charge in [-0.2, -0.15) is 0 Å². The van der Waals surface area contributed by atoms with Gasteiger partial charge in [-0.3, -0.25) is 9.69 Å². The number of hydrogen-bond donors (Lipinski definition) is 1. The number of nitrogens with zero attached hydrogens (tertiary/aromatic N) is 3. The number of hydrogen-bond acceptors (Lipinski definition) is 3. The predicted octanol–water partition coefficient (Wildman–Crippen LogP) is 2.68. The van der Waals surface area contributed by atoms with Crippen molar-refractivity contribution in [2.45, 2.75) is 32.1 Å². The summed E-state index contributed by atoms with van der Waals surface area (Å²) < 4.78 is 0. The Hall–Kier alpha value is -2.08. The average Bonchev–Trinajstić information content (AvgIpc) is 3.00. The van der Waals surface area contributed by atoms with Crippen molar-refractivity contribution in [1.29, 1.82) is 0 Å². The number of urea groups is 1. The van der Waals surface area contributed by atoms with E-state index >= 15 is 0 Å². The fraction of sp³-hybridized carbons (Fsp3) is 0.600. The lowest BCUT2D eigenvalue weighted by Gasteiger charge is -2.30. The first-order valence-electron chi connectivity index (χ1n) is 9.58. The van der Waals surface area contributed by atoms with Gasteiger partial charge in [0.05, 0.1) is 0 Å². The SMILES string of the molecule is CN1CCC(CCN2CCN(c3ccc(CCC(=O)O)cc3)C2=O)CC1. The highest BCUT2D eigenvalue weighted by Gasteiger charge is 2.30. The maximum absolute atomic E-state index is 12.7. The van der Waals surface area contributed by atoms with Gasteiger partial charge in [-0.25, -0.2) is 4.79 Å². The molecular formula is C20H29N3O3. The van der Waals surface area contributed by atoms with Crippen LogP contribution in [0.25, 0.3) is 0 Å². The molecule has 0 spiro atoms. The summed E-state index contributed by atoms with van der Waals surface area (Å²) in [5.41, 5.74) is 1.89. The highest BCUT2D eigenvalue weighted by atomic mass is 16.4. The van der Waals surface area contributed by atoms with Gasteiger partial charge < -0.3 is 14.9 Å². The summed E-state index contributed by atoms with van der Waals surface area (Å²) in [5, 5.41) is 8.76. The fourth-order valence-electron chi connectivity index (χ4n) is 3.81. The van der Waals surface area contributed by atoms with E-state index in [1.165, 1.54) is 25.9 Å². The van der Waals surface area contributed by atoms with Crippen molar-refractivity contribution in [3.63, 3.8) is 0 Å². The highest BCUT2D eigenvalue weighted by Crippen LogP contribution is 2.24. The topological polar surface area (TPSA) is 64.1 Å². The first-order chi connectivity index (χ1) is 12.5. The van der Waals surface area contributed by atoms with Gasteiger partial charge in [-0.1, -0.05) is 12.1 Å². The van der Waals surface area contributed by atoms with Crippen molar-refractivity contribution in [3.8, 4) is 0 Å². The van der Waals surface area contributed by atoms with Crippen LogP contribution in [0, 0.1) is 5.92 Å². The third-order valence-corrected chi connectivity index (χ3v) is 5.62. The standard InChI is InChI=1S/C20H29N3O3/c1-21-11-8-17(9-12-21)10-13-22-14-15-23(20(22)26)18-5-2-16(3-6-18)4-7-19(24)25/h2-3,5-6,17H,4,7-15H2,1H3,(H,24,25). The number of carboxylic acid groups (broad SMARTS) is 1. The van der Waals surface area contributed by atoms with E-state index in [-0.39, 0.29) is 12.5 Å². The number of carbonyl (C=O) groups excluding carboxylic acids is 1. The first kappa shape index (κ1) is 18.7. The zero-order chi connectivity index (χ0) is 18.5. The molecule has 0 radical (unpaired) electrons. The number of aliphatic carboxylic acids is 1. The second-order valence-electron chi connectivity index (χ2n) is 7.52. The molecule has 2 aliphatic heterocycles.